The molecule has 0 amide bonds. The molecule has 0 aliphatic rings. The summed E-state index contributed by atoms with van der Waals surface area (Å²) in [6.07, 6.45) is 1.19. The molecule has 2 rings (SSSR count). The number of methoxy groups -OCH3 is 2. The van der Waals surface area contributed by atoms with Crippen molar-refractivity contribution in [2.45, 2.75) is 5.03 Å². The van der Waals surface area contributed by atoms with E-state index in [2.05, 4.69) is 9.71 Å². The molecule has 8 heteroatoms. The van der Waals surface area contributed by atoms with Crippen LogP contribution in [-0.4, -0.2) is 27.6 Å². The van der Waals surface area contributed by atoms with Crippen molar-refractivity contribution in [3.05, 3.63) is 42.3 Å². The summed E-state index contributed by atoms with van der Waals surface area (Å²) in [7, 11) is -1.34. The van der Waals surface area contributed by atoms with Gasteiger partial charge in [0.25, 0.3) is 10.0 Å². The molecule has 0 fully saturated rings. The molecule has 0 saturated heterocycles. The average molecular weight is 312 g/mol. The Labute approximate surface area is 121 Å². The molecule has 1 N–H and O–H groups in total. The number of aromatic nitrogens is 1. The number of anilines is 1. The third-order valence-electron chi connectivity index (χ3n) is 2.63. The molecule has 0 spiro atoms. The zero-order valence-corrected chi connectivity index (χ0v) is 12.1. The van der Waals surface area contributed by atoms with Gasteiger partial charge in [0.15, 0.2) is 5.82 Å². The van der Waals surface area contributed by atoms with Gasteiger partial charge >= 0.3 is 0 Å². The van der Waals surface area contributed by atoms with Gasteiger partial charge in [0.05, 0.1) is 19.9 Å². The molecule has 1 aromatic carbocycles. The van der Waals surface area contributed by atoms with Gasteiger partial charge in [-0.25, -0.2) is 9.37 Å². The molecule has 1 heterocycles. The third kappa shape index (κ3) is 3.22. The summed E-state index contributed by atoms with van der Waals surface area (Å²) in [4.78, 5) is 3.55. The Kier molecular flexibility index (Phi) is 4.27. The predicted molar refractivity (Wildman–Crippen MR) is 74.5 cm³/mol. The number of rotatable bonds is 5. The van der Waals surface area contributed by atoms with Crippen LogP contribution in [0.2, 0.25) is 0 Å². The van der Waals surface area contributed by atoms with Gasteiger partial charge < -0.3 is 9.47 Å². The van der Waals surface area contributed by atoms with Gasteiger partial charge in [-0.15, -0.1) is 0 Å². The van der Waals surface area contributed by atoms with E-state index in [-0.39, 0.29) is 11.4 Å². The highest BCUT2D eigenvalue weighted by molar-refractivity contribution is 7.92. The third-order valence-corrected chi connectivity index (χ3v) is 3.93. The van der Waals surface area contributed by atoms with Gasteiger partial charge in [0, 0.05) is 12.3 Å². The van der Waals surface area contributed by atoms with E-state index in [0.29, 0.717) is 5.75 Å². The quantitative estimate of drug-likeness (QED) is 0.914. The molecule has 0 aliphatic carbocycles. The zero-order valence-electron chi connectivity index (χ0n) is 11.3. The van der Waals surface area contributed by atoms with Crippen LogP contribution in [0.25, 0.3) is 0 Å². The van der Waals surface area contributed by atoms with E-state index in [4.69, 9.17) is 9.47 Å². The summed E-state index contributed by atoms with van der Waals surface area (Å²) >= 11 is 0. The fraction of sp³-hybridized carbons (Fsp3) is 0.154. The second-order valence-corrected chi connectivity index (χ2v) is 5.56. The molecule has 0 atom stereocenters. The minimum Gasteiger partial charge on any atom is -0.497 e. The topological polar surface area (TPSA) is 77.5 Å². The van der Waals surface area contributed by atoms with Gasteiger partial charge in [0.1, 0.15) is 11.5 Å². The summed E-state index contributed by atoms with van der Waals surface area (Å²) in [5.74, 6) is -0.238. The molecule has 0 unspecified atom stereocenters. The lowest BCUT2D eigenvalue weighted by molar-refractivity contribution is 0.405. The Morgan fingerprint density at radius 2 is 1.95 bits per heavy atom. The van der Waals surface area contributed by atoms with Crippen LogP contribution in [0.3, 0.4) is 0 Å². The van der Waals surface area contributed by atoms with Crippen LogP contribution in [0.15, 0.2) is 41.6 Å². The smallest absolute Gasteiger partial charge is 0.282 e. The molecule has 0 saturated carbocycles. The van der Waals surface area contributed by atoms with Crippen LogP contribution < -0.4 is 14.2 Å². The highest BCUT2D eigenvalue weighted by Crippen LogP contribution is 2.30. The van der Waals surface area contributed by atoms with Crippen LogP contribution in [0.5, 0.6) is 11.5 Å². The zero-order chi connectivity index (χ0) is 15.5. The first-order chi connectivity index (χ1) is 9.97. The standard InChI is InChI=1S/C13H13FN2O4S/c1-19-9-5-6-12(20-2)11(8-9)16-21(17,18)13-10(14)4-3-7-15-13/h3-8,16H,1-2H3. The molecule has 21 heavy (non-hydrogen) atoms. The lowest BCUT2D eigenvalue weighted by Gasteiger charge is -2.12. The second-order valence-electron chi connectivity index (χ2n) is 3.96. The molecular formula is C13H13FN2O4S. The summed E-state index contributed by atoms with van der Waals surface area (Å²) in [5.41, 5.74) is 0.127. The van der Waals surface area contributed by atoms with Gasteiger partial charge in [0.2, 0.25) is 5.03 Å². The van der Waals surface area contributed by atoms with Gasteiger partial charge in [-0.3, -0.25) is 4.72 Å². The van der Waals surface area contributed by atoms with Crippen molar-refractivity contribution in [3.8, 4) is 11.5 Å². The van der Waals surface area contributed by atoms with Crippen LogP contribution in [0.4, 0.5) is 10.1 Å². The number of nitrogens with zero attached hydrogens (tertiary/aromatic N) is 1. The highest BCUT2D eigenvalue weighted by atomic mass is 32.2. The number of pyridine rings is 1. The van der Waals surface area contributed by atoms with Crippen molar-refractivity contribution in [1.82, 2.24) is 4.98 Å². The molecule has 112 valence electrons. The van der Waals surface area contributed by atoms with Gasteiger partial charge in [-0.2, -0.15) is 8.42 Å². The Morgan fingerprint density at radius 1 is 1.19 bits per heavy atom. The number of sulfonamides is 1. The van der Waals surface area contributed by atoms with E-state index < -0.39 is 20.9 Å². The number of nitrogens with one attached hydrogen (secondary N) is 1. The molecule has 2 aromatic rings. The minimum atomic E-state index is -4.17. The van der Waals surface area contributed by atoms with Gasteiger partial charge in [-0.05, 0) is 24.3 Å². The van der Waals surface area contributed by atoms with Crippen molar-refractivity contribution in [3.63, 3.8) is 0 Å². The van der Waals surface area contributed by atoms with Crippen LogP contribution in [0.1, 0.15) is 0 Å². The summed E-state index contributed by atoms with van der Waals surface area (Å²) < 4.78 is 50.3. The first kappa shape index (κ1) is 15.0. The monoisotopic (exact) mass is 312 g/mol. The summed E-state index contributed by atoms with van der Waals surface area (Å²) in [6, 6.07) is 6.89. The van der Waals surface area contributed by atoms with E-state index in [1.54, 1.807) is 6.07 Å². The van der Waals surface area contributed by atoms with Crippen molar-refractivity contribution in [2.24, 2.45) is 0 Å². The SMILES string of the molecule is COc1ccc(OC)c(NS(=O)(=O)c2ncccc2F)c1. The molecule has 6 nitrogen and oxygen atoms in total. The van der Waals surface area contributed by atoms with E-state index in [9.17, 15) is 12.8 Å². The summed E-state index contributed by atoms with van der Waals surface area (Å²) in [5, 5.41) is -0.685. The maximum atomic E-state index is 13.6. The number of halogens is 1. The van der Waals surface area contributed by atoms with Crippen molar-refractivity contribution >= 4 is 15.7 Å². The molecule has 0 bridgehead atoms. The fourth-order valence-corrected chi connectivity index (χ4v) is 2.73. The minimum absolute atomic E-state index is 0.127. The van der Waals surface area contributed by atoms with E-state index in [1.165, 1.54) is 38.6 Å². The Bertz CT molecular complexity index is 750. The lowest BCUT2D eigenvalue weighted by atomic mass is 10.3. The van der Waals surface area contributed by atoms with Crippen LogP contribution in [0, 0.1) is 5.82 Å². The van der Waals surface area contributed by atoms with E-state index in [1.807, 2.05) is 0 Å². The first-order valence-electron chi connectivity index (χ1n) is 5.83. The molecular weight excluding hydrogens is 299 g/mol. The largest absolute Gasteiger partial charge is 0.497 e. The maximum absolute atomic E-state index is 13.6. The maximum Gasteiger partial charge on any atom is 0.282 e. The number of hydrogen-bond acceptors (Lipinski definition) is 5. The Hall–Kier alpha value is -2.35. The Balaban J connectivity index is 2.43. The number of benzene rings is 1. The second kappa shape index (κ2) is 5.96. The van der Waals surface area contributed by atoms with Crippen LogP contribution >= 0.6 is 0 Å². The number of hydrogen-bond donors (Lipinski definition) is 1. The number of ether oxygens (including phenoxy) is 2. The lowest BCUT2D eigenvalue weighted by Crippen LogP contribution is -2.16. The van der Waals surface area contributed by atoms with E-state index in [0.717, 1.165) is 6.07 Å². The first-order valence-corrected chi connectivity index (χ1v) is 7.31. The predicted octanol–water partition coefficient (Wildman–Crippen LogP) is 2.04. The normalized spacial score (nSPS) is 11.0. The van der Waals surface area contributed by atoms with Crippen molar-refractivity contribution in [1.29, 1.82) is 0 Å². The summed E-state index contributed by atoms with van der Waals surface area (Å²) in [6.45, 7) is 0. The highest BCUT2D eigenvalue weighted by Gasteiger charge is 2.22. The van der Waals surface area contributed by atoms with Crippen molar-refractivity contribution < 1.29 is 22.3 Å². The fourth-order valence-electron chi connectivity index (χ4n) is 1.66. The molecule has 0 aliphatic heterocycles. The Morgan fingerprint density at radius 3 is 2.57 bits per heavy atom. The molecule has 1 aromatic heterocycles. The van der Waals surface area contributed by atoms with E-state index >= 15 is 0 Å². The average Bonchev–Trinajstić information content (AvgIpc) is 2.47. The van der Waals surface area contributed by atoms with Crippen molar-refractivity contribution in [2.75, 3.05) is 18.9 Å². The molecule has 0 radical (unpaired) electrons. The van der Waals surface area contributed by atoms with Gasteiger partial charge in [-0.1, -0.05) is 0 Å². The van der Waals surface area contributed by atoms with Crippen LogP contribution in [-0.2, 0) is 10.0 Å².